The van der Waals surface area contributed by atoms with E-state index in [4.69, 9.17) is 11.6 Å². The lowest BCUT2D eigenvalue weighted by Gasteiger charge is -1.94. The maximum atomic E-state index is 5.90. The number of benzene rings is 1. The lowest BCUT2D eigenvalue weighted by molar-refractivity contribution is 1.09. The van der Waals surface area contributed by atoms with E-state index in [2.05, 4.69) is 48.7 Å². The molecule has 2 nitrogen and oxygen atoms in total. The SMILES string of the molecule is Clc1cc2[nH]nc(I)c2cc1Br. The van der Waals surface area contributed by atoms with Crippen LogP contribution in [0.25, 0.3) is 10.9 Å². The molecule has 0 aliphatic carbocycles. The molecule has 0 fully saturated rings. The first-order valence-corrected chi connectivity index (χ1v) is 5.42. The summed E-state index contributed by atoms with van der Waals surface area (Å²) < 4.78 is 1.86. The van der Waals surface area contributed by atoms with Gasteiger partial charge in [-0.05, 0) is 50.7 Å². The number of halogens is 3. The van der Waals surface area contributed by atoms with Gasteiger partial charge in [0.1, 0.15) is 3.70 Å². The fourth-order valence-electron chi connectivity index (χ4n) is 0.980. The van der Waals surface area contributed by atoms with Crippen LogP contribution < -0.4 is 0 Å². The molecule has 2 rings (SSSR count). The first-order valence-electron chi connectivity index (χ1n) is 3.17. The summed E-state index contributed by atoms with van der Waals surface area (Å²) in [6.45, 7) is 0. The maximum absolute atomic E-state index is 5.90. The van der Waals surface area contributed by atoms with Gasteiger partial charge in [0.05, 0.1) is 10.5 Å². The number of hydrogen-bond acceptors (Lipinski definition) is 1. The van der Waals surface area contributed by atoms with Gasteiger partial charge in [0.2, 0.25) is 0 Å². The second-order valence-electron chi connectivity index (χ2n) is 2.33. The van der Waals surface area contributed by atoms with Crippen molar-refractivity contribution in [1.29, 1.82) is 0 Å². The average Bonchev–Trinajstić information content (AvgIpc) is 2.35. The number of H-pyrrole nitrogens is 1. The van der Waals surface area contributed by atoms with Crippen molar-refractivity contribution in [1.82, 2.24) is 10.2 Å². The second-order valence-corrected chi connectivity index (χ2v) is 4.61. The molecule has 1 aromatic heterocycles. The van der Waals surface area contributed by atoms with Crippen molar-refractivity contribution in [2.75, 3.05) is 0 Å². The van der Waals surface area contributed by atoms with Crippen molar-refractivity contribution >= 4 is 61.0 Å². The van der Waals surface area contributed by atoms with Gasteiger partial charge in [-0.15, -0.1) is 0 Å². The number of fused-ring (bicyclic) bond motifs is 1. The van der Waals surface area contributed by atoms with Gasteiger partial charge < -0.3 is 0 Å². The van der Waals surface area contributed by atoms with Gasteiger partial charge in [-0.25, -0.2) is 0 Å². The zero-order valence-corrected chi connectivity index (χ0v) is 10.2. The van der Waals surface area contributed by atoms with Gasteiger partial charge in [-0.2, -0.15) is 5.10 Å². The van der Waals surface area contributed by atoms with Gasteiger partial charge in [-0.1, -0.05) is 11.6 Å². The normalized spacial score (nSPS) is 10.9. The molecule has 0 amide bonds. The van der Waals surface area contributed by atoms with Gasteiger partial charge >= 0.3 is 0 Å². The molecule has 0 atom stereocenters. The fourth-order valence-corrected chi connectivity index (χ4v) is 2.05. The number of rotatable bonds is 0. The zero-order valence-electron chi connectivity index (χ0n) is 5.74. The molecule has 5 heteroatoms. The molecule has 1 N–H and O–H groups in total. The second kappa shape index (κ2) is 3.16. The molecule has 0 aliphatic rings. The summed E-state index contributed by atoms with van der Waals surface area (Å²) in [5, 5.41) is 8.74. The van der Waals surface area contributed by atoms with Crippen LogP contribution in [0.1, 0.15) is 0 Å². The smallest absolute Gasteiger partial charge is 0.130 e. The number of aromatic amines is 1. The number of nitrogens with one attached hydrogen (secondary N) is 1. The fraction of sp³-hybridized carbons (Fsp3) is 0. The molecule has 0 bridgehead atoms. The molecular formula is C7H3BrClIN2. The van der Waals surface area contributed by atoms with Crippen molar-refractivity contribution in [3.63, 3.8) is 0 Å². The Morgan fingerprint density at radius 2 is 2.25 bits per heavy atom. The molecule has 1 aromatic carbocycles. The molecule has 0 radical (unpaired) electrons. The maximum Gasteiger partial charge on any atom is 0.130 e. The van der Waals surface area contributed by atoms with E-state index in [1.54, 1.807) is 0 Å². The Kier molecular flexibility index (Phi) is 2.31. The molecule has 0 unspecified atom stereocenters. The number of aromatic nitrogens is 2. The summed E-state index contributed by atoms with van der Waals surface area (Å²) in [6, 6.07) is 3.82. The average molecular weight is 357 g/mol. The van der Waals surface area contributed by atoms with Crippen molar-refractivity contribution in [2.24, 2.45) is 0 Å². The highest BCUT2D eigenvalue weighted by Gasteiger charge is 2.05. The minimum absolute atomic E-state index is 0.697. The van der Waals surface area contributed by atoms with Crippen LogP contribution in [-0.4, -0.2) is 10.2 Å². The van der Waals surface area contributed by atoms with Gasteiger partial charge in [-0.3, -0.25) is 5.10 Å². The van der Waals surface area contributed by atoms with E-state index in [9.17, 15) is 0 Å². The van der Waals surface area contributed by atoms with Crippen LogP contribution in [0.15, 0.2) is 16.6 Å². The molecule has 0 aliphatic heterocycles. The minimum atomic E-state index is 0.697. The van der Waals surface area contributed by atoms with Gasteiger partial charge in [0, 0.05) is 9.86 Å². The summed E-state index contributed by atoms with van der Waals surface area (Å²) in [6.07, 6.45) is 0. The van der Waals surface area contributed by atoms with Gasteiger partial charge in [0.25, 0.3) is 0 Å². The van der Waals surface area contributed by atoms with E-state index in [1.165, 1.54) is 0 Å². The third-order valence-corrected chi connectivity index (χ3v) is 3.58. The largest absolute Gasteiger partial charge is 0.277 e. The molecule has 0 saturated heterocycles. The summed E-state index contributed by atoms with van der Waals surface area (Å²) in [5.41, 5.74) is 0.965. The first-order chi connectivity index (χ1) is 5.68. The predicted molar refractivity (Wildman–Crippen MR) is 61.5 cm³/mol. The summed E-state index contributed by atoms with van der Waals surface area (Å²) in [7, 11) is 0. The predicted octanol–water partition coefficient (Wildman–Crippen LogP) is 3.58. The Bertz CT molecular complexity index is 440. The molecule has 1 heterocycles. The standard InChI is InChI=1S/C7H3BrClIN2/c8-4-1-3-6(2-5(4)9)11-12-7(3)10/h1-2H,(H,11,12). The van der Waals surface area contributed by atoms with Crippen LogP contribution in [0.2, 0.25) is 5.02 Å². The minimum Gasteiger partial charge on any atom is -0.277 e. The summed E-state index contributed by atoms with van der Waals surface area (Å²) >= 11 is 11.4. The van der Waals surface area contributed by atoms with Gasteiger partial charge in [0.15, 0.2) is 0 Å². The van der Waals surface area contributed by atoms with Crippen molar-refractivity contribution < 1.29 is 0 Å². The van der Waals surface area contributed by atoms with E-state index >= 15 is 0 Å². The molecule has 2 aromatic rings. The quantitative estimate of drug-likeness (QED) is 0.718. The monoisotopic (exact) mass is 356 g/mol. The third kappa shape index (κ3) is 1.36. The summed E-state index contributed by atoms with van der Waals surface area (Å²) in [5.74, 6) is 0. The van der Waals surface area contributed by atoms with Crippen LogP contribution in [0.5, 0.6) is 0 Å². The van der Waals surface area contributed by atoms with E-state index in [1.807, 2.05) is 12.1 Å². The third-order valence-electron chi connectivity index (χ3n) is 1.56. The molecule has 0 spiro atoms. The van der Waals surface area contributed by atoms with Crippen LogP contribution in [-0.2, 0) is 0 Å². The van der Waals surface area contributed by atoms with Crippen molar-refractivity contribution in [2.45, 2.75) is 0 Å². The van der Waals surface area contributed by atoms with Crippen LogP contribution in [0, 0.1) is 3.70 Å². The Morgan fingerprint density at radius 1 is 1.50 bits per heavy atom. The molecular weight excluding hydrogens is 354 g/mol. The molecule has 62 valence electrons. The van der Waals surface area contributed by atoms with E-state index in [0.717, 1.165) is 19.1 Å². The first kappa shape index (κ1) is 8.77. The Hall–Kier alpha value is 0.190. The Labute approximate surface area is 95.9 Å². The van der Waals surface area contributed by atoms with Crippen LogP contribution >= 0.6 is 50.1 Å². The lowest BCUT2D eigenvalue weighted by atomic mass is 10.3. The highest BCUT2D eigenvalue weighted by molar-refractivity contribution is 14.1. The van der Waals surface area contributed by atoms with Crippen LogP contribution in [0.3, 0.4) is 0 Å². The summed E-state index contributed by atoms with van der Waals surface area (Å²) in [4.78, 5) is 0. The Balaban J connectivity index is 2.87. The highest BCUT2D eigenvalue weighted by atomic mass is 127. The topological polar surface area (TPSA) is 28.7 Å². The molecule has 12 heavy (non-hydrogen) atoms. The van der Waals surface area contributed by atoms with Crippen molar-refractivity contribution in [3.05, 3.63) is 25.3 Å². The Morgan fingerprint density at radius 3 is 3.00 bits per heavy atom. The van der Waals surface area contributed by atoms with E-state index in [-0.39, 0.29) is 0 Å². The highest BCUT2D eigenvalue weighted by Crippen LogP contribution is 2.28. The molecule has 0 saturated carbocycles. The lowest BCUT2D eigenvalue weighted by Crippen LogP contribution is -1.72. The number of nitrogens with zero attached hydrogens (tertiary/aromatic N) is 1. The van der Waals surface area contributed by atoms with E-state index < -0.39 is 0 Å². The van der Waals surface area contributed by atoms with Crippen LogP contribution in [0.4, 0.5) is 0 Å². The zero-order chi connectivity index (χ0) is 8.72. The van der Waals surface area contributed by atoms with E-state index in [0.29, 0.717) is 5.02 Å². The number of hydrogen-bond donors (Lipinski definition) is 1. The van der Waals surface area contributed by atoms with Crippen molar-refractivity contribution in [3.8, 4) is 0 Å².